The third kappa shape index (κ3) is 1.55. The van der Waals surface area contributed by atoms with Crippen LogP contribution in [0.25, 0.3) is 0 Å². The summed E-state index contributed by atoms with van der Waals surface area (Å²) in [5.74, 6) is 0.609. The zero-order valence-corrected chi connectivity index (χ0v) is 10.6. The minimum absolute atomic E-state index is 0.0200. The Labute approximate surface area is 107 Å². The first-order valence-electron chi connectivity index (χ1n) is 6.78. The van der Waals surface area contributed by atoms with E-state index in [4.69, 9.17) is 5.11 Å². The van der Waals surface area contributed by atoms with Crippen LogP contribution < -0.4 is 0 Å². The molecule has 18 heavy (non-hydrogen) atoms. The number of hydrogen-bond donors (Lipinski definition) is 1. The van der Waals surface area contributed by atoms with Gasteiger partial charge in [0.15, 0.2) is 0 Å². The first-order chi connectivity index (χ1) is 8.63. The lowest BCUT2D eigenvalue weighted by molar-refractivity contribution is -0.141. The zero-order chi connectivity index (χ0) is 12.9. The molecule has 1 heterocycles. The Morgan fingerprint density at radius 2 is 1.83 bits per heavy atom. The van der Waals surface area contributed by atoms with Gasteiger partial charge in [-0.2, -0.15) is 0 Å². The van der Waals surface area contributed by atoms with Crippen molar-refractivity contribution >= 4 is 11.8 Å². The molecule has 2 aliphatic carbocycles. The molecule has 0 radical (unpaired) electrons. The molecular weight excluding hydrogens is 230 g/mol. The summed E-state index contributed by atoms with van der Waals surface area (Å²) < 4.78 is 0. The Morgan fingerprint density at radius 1 is 1.28 bits per heavy atom. The molecule has 5 atom stereocenters. The minimum atomic E-state index is -0.0890. The van der Waals surface area contributed by atoms with Gasteiger partial charge >= 0.3 is 0 Å². The maximum Gasteiger partial charge on any atom is 0.233 e. The second-order valence-corrected chi connectivity index (χ2v) is 5.90. The summed E-state index contributed by atoms with van der Waals surface area (Å²) in [5, 5.41) is 8.90. The number of likely N-dealkylation sites (tertiary alicyclic amines) is 1. The third-order valence-corrected chi connectivity index (χ3v) is 4.68. The summed E-state index contributed by atoms with van der Waals surface area (Å²) in [6, 6.07) is 0. The number of hydrogen-bond acceptors (Lipinski definition) is 3. The summed E-state index contributed by atoms with van der Waals surface area (Å²) in [7, 11) is 0. The van der Waals surface area contributed by atoms with E-state index in [-0.39, 0.29) is 48.0 Å². The molecule has 1 N–H and O–H groups in total. The van der Waals surface area contributed by atoms with Crippen molar-refractivity contribution in [3.05, 3.63) is 12.2 Å². The van der Waals surface area contributed by atoms with Crippen molar-refractivity contribution in [3.63, 3.8) is 0 Å². The number of amides is 2. The van der Waals surface area contributed by atoms with Gasteiger partial charge in [0, 0.05) is 13.2 Å². The van der Waals surface area contributed by atoms with E-state index >= 15 is 0 Å². The number of aliphatic hydroxyl groups is 1. The Balaban J connectivity index is 1.76. The predicted octanol–water partition coefficient (Wildman–Crippen LogP) is 0.812. The van der Waals surface area contributed by atoms with Crippen LogP contribution in [0.3, 0.4) is 0 Å². The summed E-state index contributed by atoms with van der Waals surface area (Å²) in [6.45, 7) is 2.54. The zero-order valence-electron chi connectivity index (χ0n) is 10.6. The van der Waals surface area contributed by atoms with Gasteiger partial charge in [0.2, 0.25) is 11.8 Å². The smallest absolute Gasteiger partial charge is 0.233 e. The lowest BCUT2D eigenvalue weighted by atomic mass is 9.85. The fourth-order valence-electron chi connectivity index (χ4n) is 3.77. The molecule has 3 aliphatic rings. The molecule has 5 unspecified atom stereocenters. The number of carbonyl (C=O) groups excluding carboxylic acids is 2. The molecule has 3 rings (SSSR count). The van der Waals surface area contributed by atoms with Gasteiger partial charge in [0.1, 0.15) is 0 Å². The van der Waals surface area contributed by atoms with Crippen molar-refractivity contribution < 1.29 is 14.7 Å². The standard InChI is InChI=1S/C14H19NO3/c1-8(4-5-16)7-15-13(17)11-9-2-3-10(6-9)12(11)14(15)18/h2-3,8-12,16H,4-7H2,1H3. The number of allylic oxidation sites excluding steroid dienone is 2. The maximum absolute atomic E-state index is 12.3. The van der Waals surface area contributed by atoms with Crippen molar-refractivity contribution in [2.24, 2.45) is 29.6 Å². The highest BCUT2D eigenvalue weighted by atomic mass is 16.3. The van der Waals surface area contributed by atoms with Crippen LogP contribution in [0.4, 0.5) is 0 Å². The largest absolute Gasteiger partial charge is 0.396 e. The van der Waals surface area contributed by atoms with Gasteiger partial charge < -0.3 is 5.11 Å². The van der Waals surface area contributed by atoms with Gasteiger partial charge in [0.25, 0.3) is 0 Å². The van der Waals surface area contributed by atoms with Crippen LogP contribution in [0.15, 0.2) is 12.2 Å². The van der Waals surface area contributed by atoms with Gasteiger partial charge in [-0.05, 0) is 30.6 Å². The van der Waals surface area contributed by atoms with Crippen LogP contribution >= 0.6 is 0 Å². The number of carbonyl (C=O) groups is 2. The van der Waals surface area contributed by atoms with E-state index < -0.39 is 0 Å². The molecule has 98 valence electrons. The highest BCUT2D eigenvalue weighted by Crippen LogP contribution is 2.52. The number of rotatable bonds is 4. The molecule has 1 saturated carbocycles. The minimum Gasteiger partial charge on any atom is -0.396 e. The van der Waals surface area contributed by atoms with E-state index in [1.807, 2.05) is 6.92 Å². The molecule has 2 fully saturated rings. The van der Waals surface area contributed by atoms with E-state index in [0.29, 0.717) is 13.0 Å². The predicted molar refractivity (Wildman–Crippen MR) is 65.3 cm³/mol. The van der Waals surface area contributed by atoms with E-state index in [9.17, 15) is 9.59 Å². The molecule has 4 heteroatoms. The fourth-order valence-corrected chi connectivity index (χ4v) is 3.77. The SMILES string of the molecule is CC(CCO)CN1C(=O)C2C3C=CC(C3)C2C1=O. The topological polar surface area (TPSA) is 57.6 Å². The molecule has 0 aromatic rings. The number of fused-ring (bicyclic) bond motifs is 5. The maximum atomic E-state index is 12.3. The third-order valence-electron chi connectivity index (χ3n) is 4.68. The van der Waals surface area contributed by atoms with E-state index in [0.717, 1.165) is 6.42 Å². The molecule has 0 aromatic carbocycles. The highest BCUT2D eigenvalue weighted by molar-refractivity contribution is 6.06. The number of imide groups is 1. The van der Waals surface area contributed by atoms with Gasteiger partial charge in [-0.15, -0.1) is 0 Å². The van der Waals surface area contributed by atoms with Crippen LogP contribution in [0, 0.1) is 29.6 Å². The normalized spacial score (nSPS) is 38.7. The van der Waals surface area contributed by atoms with Crippen LogP contribution in [0.2, 0.25) is 0 Å². The van der Waals surface area contributed by atoms with Gasteiger partial charge in [-0.1, -0.05) is 19.1 Å². The van der Waals surface area contributed by atoms with Crippen molar-refractivity contribution in [2.45, 2.75) is 19.8 Å². The molecule has 4 nitrogen and oxygen atoms in total. The van der Waals surface area contributed by atoms with Crippen molar-refractivity contribution in [3.8, 4) is 0 Å². The van der Waals surface area contributed by atoms with Crippen molar-refractivity contribution in [2.75, 3.05) is 13.2 Å². The second-order valence-electron chi connectivity index (χ2n) is 5.90. The monoisotopic (exact) mass is 249 g/mol. The Hall–Kier alpha value is -1.16. The second kappa shape index (κ2) is 4.19. The highest BCUT2D eigenvalue weighted by Gasteiger charge is 2.59. The van der Waals surface area contributed by atoms with Gasteiger partial charge in [-0.25, -0.2) is 0 Å². The van der Waals surface area contributed by atoms with Crippen LogP contribution in [-0.4, -0.2) is 35.0 Å². The molecule has 1 saturated heterocycles. The molecular formula is C14H19NO3. The first kappa shape index (κ1) is 11.9. The Bertz CT molecular complexity index is 387. The summed E-state index contributed by atoms with van der Waals surface area (Å²) >= 11 is 0. The first-order valence-corrected chi connectivity index (χ1v) is 6.78. The average molecular weight is 249 g/mol. The average Bonchev–Trinajstić information content (AvgIpc) is 2.99. The molecule has 0 spiro atoms. The lowest BCUT2D eigenvalue weighted by Crippen LogP contribution is -2.36. The van der Waals surface area contributed by atoms with Crippen LogP contribution in [-0.2, 0) is 9.59 Å². The van der Waals surface area contributed by atoms with Crippen molar-refractivity contribution in [1.82, 2.24) is 4.90 Å². The van der Waals surface area contributed by atoms with Crippen LogP contribution in [0.5, 0.6) is 0 Å². The fraction of sp³-hybridized carbons (Fsp3) is 0.714. The summed E-state index contributed by atoms with van der Waals surface area (Å²) in [4.78, 5) is 26.1. The number of aliphatic hydroxyl groups excluding tert-OH is 1. The Kier molecular flexibility index (Phi) is 2.77. The summed E-state index contributed by atoms with van der Waals surface area (Å²) in [5.41, 5.74) is 0. The lowest BCUT2D eigenvalue weighted by Gasteiger charge is -2.20. The van der Waals surface area contributed by atoms with Gasteiger partial charge in [0.05, 0.1) is 11.8 Å². The Morgan fingerprint density at radius 3 is 2.33 bits per heavy atom. The quantitative estimate of drug-likeness (QED) is 0.592. The van der Waals surface area contributed by atoms with E-state index in [2.05, 4.69) is 12.2 Å². The molecule has 2 bridgehead atoms. The summed E-state index contributed by atoms with van der Waals surface area (Å²) in [6.07, 6.45) is 5.83. The molecule has 1 aliphatic heterocycles. The van der Waals surface area contributed by atoms with Crippen LogP contribution in [0.1, 0.15) is 19.8 Å². The van der Waals surface area contributed by atoms with E-state index in [1.165, 1.54) is 4.90 Å². The molecule has 0 aromatic heterocycles. The van der Waals surface area contributed by atoms with E-state index in [1.54, 1.807) is 0 Å². The molecule has 2 amide bonds. The van der Waals surface area contributed by atoms with Crippen molar-refractivity contribution in [1.29, 1.82) is 0 Å². The van der Waals surface area contributed by atoms with Gasteiger partial charge in [-0.3, -0.25) is 14.5 Å². The number of nitrogens with zero attached hydrogens (tertiary/aromatic N) is 1.